The number of aromatic nitrogens is 2. The van der Waals surface area contributed by atoms with Crippen molar-refractivity contribution in [3.8, 4) is 0 Å². The Morgan fingerprint density at radius 2 is 1.93 bits per heavy atom. The van der Waals surface area contributed by atoms with Gasteiger partial charge < -0.3 is 23.9 Å². The molecule has 154 valence electrons. The van der Waals surface area contributed by atoms with Crippen LogP contribution in [0.2, 0.25) is 25.7 Å². The van der Waals surface area contributed by atoms with Crippen molar-refractivity contribution in [3.05, 3.63) is 33.9 Å². The molecule has 28 heavy (non-hydrogen) atoms. The number of methoxy groups -OCH3 is 1. The van der Waals surface area contributed by atoms with Crippen LogP contribution in [0.4, 0.5) is 0 Å². The molecule has 0 aliphatic heterocycles. The van der Waals surface area contributed by atoms with Crippen LogP contribution in [-0.4, -0.2) is 49.3 Å². The molecular weight excluding hydrogens is 378 g/mol. The maximum Gasteiger partial charge on any atom is 0.340 e. The number of amides is 1. The van der Waals surface area contributed by atoms with Crippen LogP contribution in [0.1, 0.15) is 27.8 Å². The molecule has 9 heteroatoms. The normalized spacial score (nSPS) is 11.6. The standard InChI is InChI=1S/C19H29N3O5Si/c1-7-20-17(23)15-10-13-14(19(25)26-3)11-21(2)18(24)16(13)22(15)12-27-8-9-28(4,5)6/h10-11H,7-9,12H2,1-6H3,(H,20,23). The van der Waals surface area contributed by atoms with E-state index in [-0.39, 0.29) is 35.0 Å². The number of carbonyl (C=O) groups excluding carboxylic acids is 2. The molecule has 1 N–H and O–H groups in total. The first-order chi connectivity index (χ1) is 13.1. The van der Waals surface area contributed by atoms with E-state index in [4.69, 9.17) is 9.47 Å². The Labute approximate surface area is 165 Å². The van der Waals surface area contributed by atoms with Crippen molar-refractivity contribution in [2.75, 3.05) is 20.3 Å². The first kappa shape index (κ1) is 21.9. The van der Waals surface area contributed by atoms with Crippen molar-refractivity contribution >= 4 is 30.9 Å². The molecule has 2 heterocycles. The highest BCUT2D eigenvalue weighted by atomic mass is 28.3. The quantitative estimate of drug-likeness (QED) is 0.411. The van der Waals surface area contributed by atoms with E-state index < -0.39 is 14.0 Å². The predicted molar refractivity (Wildman–Crippen MR) is 111 cm³/mol. The third-order valence-electron chi connectivity index (χ3n) is 4.42. The Bertz CT molecular complexity index is 940. The van der Waals surface area contributed by atoms with Crippen molar-refractivity contribution in [1.29, 1.82) is 0 Å². The third kappa shape index (κ3) is 4.71. The van der Waals surface area contributed by atoms with Crippen LogP contribution >= 0.6 is 0 Å². The van der Waals surface area contributed by atoms with Crippen LogP contribution in [0.3, 0.4) is 0 Å². The van der Waals surface area contributed by atoms with Gasteiger partial charge in [0.25, 0.3) is 11.5 Å². The maximum absolute atomic E-state index is 12.8. The molecule has 0 radical (unpaired) electrons. The van der Waals surface area contributed by atoms with Crippen molar-refractivity contribution in [1.82, 2.24) is 14.5 Å². The molecule has 0 spiro atoms. The van der Waals surface area contributed by atoms with Gasteiger partial charge in [-0.3, -0.25) is 9.59 Å². The molecule has 1 amide bonds. The molecule has 2 aromatic heterocycles. The van der Waals surface area contributed by atoms with Gasteiger partial charge in [0.2, 0.25) is 0 Å². The Balaban J connectivity index is 2.58. The van der Waals surface area contributed by atoms with Gasteiger partial charge >= 0.3 is 5.97 Å². The minimum Gasteiger partial charge on any atom is -0.465 e. The molecule has 2 rings (SSSR count). The van der Waals surface area contributed by atoms with E-state index >= 15 is 0 Å². The van der Waals surface area contributed by atoms with E-state index in [9.17, 15) is 14.4 Å². The number of nitrogens with one attached hydrogen (secondary N) is 1. The van der Waals surface area contributed by atoms with Gasteiger partial charge in [-0.2, -0.15) is 0 Å². The van der Waals surface area contributed by atoms with E-state index in [1.165, 1.54) is 17.9 Å². The lowest BCUT2D eigenvalue weighted by atomic mass is 10.2. The van der Waals surface area contributed by atoms with Gasteiger partial charge in [0.15, 0.2) is 0 Å². The summed E-state index contributed by atoms with van der Waals surface area (Å²) in [6, 6.07) is 2.52. The van der Waals surface area contributed by atoms with Crippen LogP contribution in [0.25, 0.3) is 10.9 Å². The summed E-state index contributed by atoms with van der Waals surface area (Å²) in [5.74, 6) is -0.898. The van der Waals surface area contributed by atoms with Gasteiger partial charge in [-0.05, 0) is 19.0 Å². The highest BCUT2D eigenvalue weighted by Gasteiger charge is 2.23. The van der Waals surface area contributed by atoms with E-state index in [0.717, 1.165) is 6.04 Å². The van der Waals surface area contributed by atoms with Gasteiger partial charge in [0.05, 0.1) is 12.7 Å². The lowest BCUT2D eigenvalue weighted by Crippen LogP contribution is -2.28. The molecular formula is C19H29N3O5Si. The fourth-order valence-electron chi connectivity index (χ4n) is 2.85. The fourth-order valence-corrected chi connectivity index (χ4v) is 3.61. The average molecular weight is 408 g/mol. The van der Waals surface area contributed by atoms with Gasteiger partial charge in [-0.25, -0.2) is 4.79 Å². The van der Waals surface area contributed by atoms with E-state index in [2.05, 4.69) is 25.0 Å². The molecule has 0 bridgehead atoms. The zero-order valence-electron chi connectivity index (χ0n) is 17.4. The highest BCUT2D eigenvalue weighted by molar-refractivity contribution is 6.76. The maximum atomic E-state index is 12.8. The molecule has 0 unspecified atom stereocenters. The number of fused-ring (bicyclic) bond motifs is 1. The number of aryl methyl sites for hydroxylation is 1. The Morgan fingerprint density at radius 3 is 2.50 bits per heavy atom. The predicted octanol–water partition coefficient (Wildman–Crippen LogP) is 2.19. The molecule has 0 aliphatic carbocycles. The third-order valence-corrected chi connectivity index (χ3v) is 6.13. The van der Waals surface area contributed by atoms with E-state index in [0.29, 0.717) is 18.5 Å². The topological polar surface area (TPSA) is 91.6 Å². The number of hydrogen-bond acceptors (Lipinski definition) is 5. The van der Waals surface area contributed by atoms with Gasteiger partial charge in [0.1, 0.15) is 17.9 Å². The first-order valence-electron chi connectivity index (χ1n) is 9.27. The summed E-state index contributed by atoms with van der Waals surface area (Å²) in [4.78, 5) is 37.6. The molecule has 0 atom stereocenters. The molecule has 0 fully saturated rings. The minimum atomic E-state index is -1.27. The smallest absolute Gasteiger partial charge is 0.340 e. The van der Waals surface area contributed by atoms with E-state index in [1.54, 1.807) is 17.7 Å². The van der Waals surface area contributed by atoms with Gasteiger partial charge in [0, 0.05) is 39.9 Å². The summed E-state index contributed by atoms with van der Waals surface area (Å²) in [7, 11) is 1.57. The number of nitrogens with zero attached hydrogens (tertiary/aromatic N) is 2. The summed E-state index contributed by atoms with van der Waals surface area (Å²) in [5, 5.41) is 3.12. The molecule has 0 saturated heterocycles. The zero-order valence-corrected chi connectivity index (χ0v) is 18.4. The second-order valence-electron chi connectivity index (χ2n) is 7.88. The van der Waals surface area contributed by atoms with Gasteiger partial charge in [-0.15, -0.1) is 0 Å². The summed E-state index contributed by atoms with van der Waals surface area (Å²) < 4.78 is 13.5. The molecule has 0 saturated carbocycles. The number of rotatable bonds is 8. The van der Waals surface area contributed by atoms with Crippen LogP contribution in [-0.2, 0) is 23.3 Å². The van der Waals surface area contributed by atoms with Crippen LogP contribution < -0.4 is 10.9 Å². The minimum absolute atomic E-state index is 0.0559. The monoisotopic (exact) mass is 407 g/mol. The van der Waals surface area contributed by atoms with Crippen molar-refractivity contribution in [2.24, 2.45) is 7.05 Å². The zero-order chi connectivity index (χ0) is 21.1. The summed E-state index contributed by atoms with van der Waals surface area (Å²) >= 11 is 0. The van der Waals surface area contributed by atoms with Crippen molar-refractivity contribution < 1.29 is 19.1 Å². The number of carbonyl (C=O) groups is 2. The van der Waals surface area contributed by atoms with Crippen LogP contribution in [0.5, 0.6) is 0 Å². The van der Waals surface area contributed by atoms with Crippen molar-refractivity contribution in [2.45, 2.75) is 39.3 Å². The second kappa shape index (κ2) is 8.74. The van der Waals surface area contributed by atoms with Gasteiger partial charge in [-0.1, -0.05) is 19.6 Å². The van der Waals surface area contributed by atoms with Crippen LogP contribution in [0, 0.1) is 0 Å². The Kier molecular flexibility index (Phi) is 6.84. The lowest BCUT2D eigenvalue weighted by Gasteiger charge is -2.16. The summed E-state index contributed by atoms with van der Waals surface area (Å²) in [5.41, 5.74) is 0.441. The number of hydrogen-bond donors (Lipinski definition) is 1. The fraction of sp³-hybridized carbons (Fsp3) is 0.526. The molecule has 8 nitrogen and oxygen atoms in total. The Morgan fingerprint density at radius 1 is 1.25 bits per heavy atom. The molecule has 0 aliphatic rings. The molecule has 2 aromatic rings. The number of pyridine rings is 1. The number of ether oxygens (including phenoxy) is 2. The summed E-state index contributed by atoms with van der Waals surface area (Å²) in [6.07, 6.45) is 1.43. The van der Waals surface area contributed by atoms with E-state index in [1.807, 2.05) is 6.92 Å². The Hall–Kier alpha value is -2.39. The summed E-state index contributed by atoms with van der Waals surface area (Å²) in [6.45, 7) is 9.61. The second-order valence-corrected chi connectivity index (χ2v) is 13.5. The lowest BCUT2D eigenvalue weighted by molar-refractivity contribution is 0.0601. The average Bonchev–Trinajstić information content (AvgIpc) is 3.00. The van der Waals surface area contributed by atoms with Crippen LogP contribution in [0.15, 0.2) is 17.1 Å². The van der Waals surface area contributed by atoms with Crippen molar-refractivity contribution in [3.63, 3.8) is 0 Å². The first-order valence-corrected chi connectivity index (χ1v) is 13.0. The molecule has 0 aromatic carbocycles. The number of esters is 1. The largest absolute Gasteiger partial charge is 0.465 e. The SMILES string of the molecule is CCNC(=O)c1cc2c(C(=O)OC)cn(C)c(=O)c2n1COCC[Si](C)(C)C. The highest BCUT2D eigenvalue weighted by Crippen LogP contribution is 2.22.